The van der Waals surface area contributed by atoms with Crippen LogP contribution < -0.4 is 5.73 Å². The maximum atomic E-state index is 12.1. The topological polar surface area (TPSA) is 38.4 Å². The summed E-state index contributed by atoms with van der Waals surface area (Å²) in [6, 6.07) is 6.52. The van der Waals surface area contributed by atoms with E-state index in [4.69, 9.17) is 17.3 Å². The van der Waals surface area contributed by atoms with Gasteiger partial charge in [-0.1, -0.05) is 6.07 Å². The highest BCUT2D eigenvalue weighted by Crippen LogP contribution is 2.43. The Morgan fingerprint density at radius 2 is 2.11 bits per heavy atom. The molecular formula is C12H12ClF3N2S. The fourth-order valence-corrected chi connectivity index (χ4v) is 2.26. The Hall–Kier alpha value is -0.880. The van der Waals surface area contributed by atoms with Crippen LogP contribution in [0.15, 0.2) is 34.2 Å². The molecule has 0 spiro atoms. The van der Waals surface area contributed by atoms with Gasteiger partial charge in [-0.05, 0) is 31.0 Å². The number of amidine groups is 1. The van der Waals surface area contributed by atoms with Crippen molar-refractivity contribution in [2.75, 3.05) is 5.75 Å². The first-order valence-corrected chi connectivity index (χ1v) is 6.98. The number of hydrogen-bond donors (Lipinski definition) is 1. The number of thioether (sulfide) groups is 1. The number of nitrogens with two attached hydrogens (primary N) is 1. The maximum absolute atomic E-state index is 12.1. The molecular weight excluding hydrogens is 297 g/mol. The summed E-state index contributed by atoms with van der Waals surface area (Å²) < 4.78 is 36.4. The molecule has 0 unspecified atom stereocenters. The minimum Gasteiger partial charge on any atom is -0.386 e. The molecule has 1 aromatic rings. The molecule has 2 nitrogen and oxygen atoms in total. The minimum absolute atomic E-state index is 0.326. The van der Waals surface area contributed by atoms with Crippen molar-refractivity contribution >= 4 is 34.9 Å². The van der Waals surface area contributed by atoms with Gasteiger partial charge in [0.25, 0.3) is 0 Å². The van der Waals surface area contributed by atoms with E-state index in [1.54, 1.807) is 24.3 Å². The Morgan fingerprint density at radius 1 is 1.42 bits per heavy atom. The van der Waals surface area contributed by atoms with Crippen molar-refractivity contribution in [3.63, 3.8) is 0 Å². The molecule has 0 bridgehead atoms. The second kappa shape index (κ2) is 5.25. The van der Waals surface area contributed by atoms with Gasteiger partial charge >= 0.3 is 6.18 Å². The number of benzene rings is 1. The summed E-state index contributed by atoms with van der Waals surface area (Å²) in [5.41, 5.74) is 6.29. The molecule has 104 valence electrons. The Kier molecular flexibility index (Phi) is 4.01. The van der Waals surface area contributed by atoms with Crippen LogP contribution in [0.2, 0.25) is 0 Å². The van der Waals surface area contributed by atoms with Gasteiger partial charge in [-0.15, -0.1) is 23.4 Å². The van der Waals surface area contributed by atoms with Crippen LogP contribution in [0.25, 0.3) is 0 Å². The third-order valence-corrected chi connectivity index (χ3v) is 4.25. The molecule has 1 aliphatic rings. The predicted octanol–water partition coefficient (Wildman–Crippen LogP) is 4.10. The zero-order valence-corrected chi connectivity index (χ0v) is 11.4. The molecule has 0 aromatic heterocycles. The number of alkyl halides is 4. The fraction of sp³-hybridized carbons (Fsp3) is 0.417. The lowest BCUT2D eigenvalue weighted by Crippen LogP contribution is -2.25. The zero-order valence-electron chi connectivity index (χ0n) is 9.88. The SMILES string of the molecule is NC(=Nc1cccc(SCC(F)(F)F)c1)C1(Cl)CC1. The van der Waals surface area contributed by atoms with Crippen molar-refractivity contribution in [1.29, 1.82) is 0 Å². The van der Waals surface area contributed by atoms with E-state index in [1.807, 2.05) is 0 Å². The largest absolute Gasteiger partial charge is 0.398 e. The highest BCUT2D eigenvalue weighted by atomic mass is 35.5. The summed E-state index contributed by atoms with van der Waals surface area (Å²) in [5.74, 6) is -0.595. The summed E-state index contributed by atoms with van der Waals surface area (Å²) in [6.45, 7) is 0. The zero-order chi connectivity index (χ0) is 14.1. The molecule has 2 rings (SSSR count). The van der Waals surface area contributed by atoms with E-state index in [9.17, 15) is 13.2 Å². The lowest BCUT2D eigenvalue weighted by molar-refractivity contribution is -0.105. The standard InChI is InChI=1S/C12H12ClF3N2S/c13-11(4-5-11)10(17)18-8-2-1-3-9(6-8)19-7-12(14,15)16/h1-3,6H,4-5,7H2,(H2,17,18). The first-order chi connectivity index (χ1) is 8.78. The molecule has 1 saturated carbocycles. The first kappa shape index (κ1) is 14.5. The van der Waals surface area contributed by atoms with Crippen LogP contribution in [0.1, 0.15) is 12.8 Å². The van der Waals surface area contributed by atoms with Crippen LogP contribution in [0.4, 0.5) is 18.9 Å². The number of nitrogens with zero attached hydrogens (tertiary/aromatic N) is 1. The summed E-state index contributed by atoms with van der Waals surface area (Å²) in [6.07, 6.45) is -2.62. The number of aliphatic imine (C=N–C) groups is 1. The van der Waals surface area contributed by atoms with Crippen LogP contribution in [-0.4, -0.2) is 22.6 Å². The lowest BCUT2D eigenvalue weighted by Gasteiger charge is -2.07. The second-order valence-corrected chi connectivity index (χ2v) is 6.14. The third-order valence-electron chi connectivity index (χ3n) is 2.62. The van der Waals surface area contributed by atoms with Gasteiger partial charge in [0, 0.05) is 4.90 Å². The van der Waals surface area contributed by atoms with E-state index in [-0.39, 0.29) is 0 Å². The predicted molar refractivity (Wildman–Crippen MR) is 72.3 cm³/mol. The monoisotopic (exact) mass is 308 g/mol. The van der Waals surface area contributed by atoms with Crippen molar-refractivity contribution in [3.05, 3.63) is 24.3 Å². The summed E-state index contributed by atoms with van der Waals surface area (Å²) in [7, 11) is 0. The summed E-state index contributed by atoms with van der Waals surface area (Å²) >= 11 is 6.82. The summed E-state index contributed by atoms with van der Waals surface area (Å²) in [5, 5.41) is 0. The van der Waals surface area contributed by atoms with Gasteiger partial charge < -0.3 is 5.73 Å². The van der Waals surface area contributed by atoms with E-state index >= 15 is 0 Å². The van der Waals surface area contributed by atoms with Gasteiger partial charge in [-0.2, -0.15) is 13.2 Å². The number of hydrogen-bond acceptors (Lipinski definition) is 2. The van der Waals surface area contributed by atoms with Crippen molar-refractivity contribution in [1.82, 2.24) is 0 Å². The van der Waals surface area contributed by atoms with Crippen LogP contribution in [0.5, 0.6) is 0 Å². The molecule has 1 fully saturated rings. The van der Waals surface area contributed by atoms with Crippen LogP contribution in [-0.2, 0) is 0 Å². The summed E-state index contributed by atoms with van der Waals surface area (Å²) in [4.78, 5) is 4.12. The molecule has 0 radical (unpaired) electrons. The fourth-order valence-electron chi connectivity index (χ4n) is 1.41. The molecule has 0 amide bonds. The average Bonchev–Trinajstić information content (AvgIpc) is 3.06. The van der Waals surface area contributed by atoms with E-state index in [0.29, 0.717) is 16.4 Å². The number of rotatable bonds is 4. The highest BCUT2D eigenvalue weighted by Gasteiger charge is 2.44. The van der Waals surface area contributed by atoms with Crippen LogP contribution in [0, 0.1) is 0 Å². The molecule has 0 heterocycles. The Labute approximate surface area is 118 Å². The van der Waals surface area contributed by atoms with Gasteiger partial charge in [-0.25, -0.2) is 4.99 Å². The Bertz CT molecular complexity index is 498. The third kappa shape index (κ3) is 4.31. The van der Waals surface area contributed by atoms with Gasteiger partial charge in [-0.3, -0.25) is 0 Å². The van der Waals surface area contributed by atoms with Crippen molar-refractivity contribution in [2.24, 2.45) is 10.7 Å². The maximum Gasteiger partial charge on any atom is 0.398 e. The number of halogens is 4. The molecule has 0 saturated heterocycles. The molecule has 19 heavy (non-hydrogen) atoms. The van der Waals surface area contributed by atoms with Gasteiger partial charge in [0.05, 0.1) is 11.4 Å². The van der Waals surface area contributed by atoms with E-state index in [1.165, 1.54) is 0 Å². The molecule has 2 N–H and O–H groups in total. The molecule has 0 aliphatic heterocycles. The molecule has 0 atom stereocenters. The first-order valence-electron chi connectivity index (χ1n) is 5.62. The minimum atomic E-state index is -4.18. The Morgan fingerprint density at radius 3 is 2.68 bits per heavy atom. The van der Waals surface area contributed by atoms with Crippen molar-refractivity contribution < 1.29 is 13.2 Å². The van der Waals surface area contributed by atoms with E-state index in [2.05, 4.69) is 4.99 Å². The van der Waals surface area contributed by atoms with Gasteiger partial charge in [0.2, 0.25) is 0 Å². The quantitative estimate of drug-likeness (QED) is 0.393. The van der Waals surface area contributed by atoms with Gasteiger partial charge in [0.1, 0.15) is 10.7 Å². The Balaban J connectivity index is 2.07. The van der Waals surface area contributed by atoms with E-state index < -0.39 is 16.8 Å². The molecule has 1 aromatic carbocycles. The van der Waals surface area contributed by atoms with Crippen molar-refractivity contribution in [2.45, 2.75) is 28.8 Å². The highest BCUT2D eigenvalue weighted by molar-refractivity contribution is 7.99. The van der Waals surface area contributed by atoms with Crippen LogP contribution >= 0.6 is 23.4 Å². The van der Waals surface area contributed by atoms with Crippen molar-refractivity contribution in [3.8, 4) is 0 Å². The van der Waals surface area contributed by atoms with Gasteiger partial charge in [0.15, 0.2) is 0 Å². The smallest absolute Gasteiger partial charge is 0.386 e. The molecule has 1 aliphatic carbocycles. The average molecular weight is 309 g/mol. The second-order valence-electron chi connectivity index (χ2n) is 4.36. The van der Waals surface area contributed by atoms with E-state index in [0.717, 1.165) is 24.6 Å². The van der Waals surface area contributed by atoms with Crippen LogP contribution in [0.3, 0.4) is 0 Å². The molecule has 7 heteroatoms. The normalized spacial score (nSPS) is 18.4. The lowest BCUT2D eigenvalue weighted by atomic mass is 10.3.